The number of aromatic nitrogens is 2. The number of rotatable bonds is 4. The van der Waals surface area contributed by atoms with E-state index >= 15 is 0 Å². The molecule has 0 radical (unpaired) electrons. The van der Waals surface area contributed by atoms with Gasteiger partial charge in [-0.05, 0) is 42.5 Å². The smallest absolute Gasteiger partial charge is 0.261 e. The van der Waals surface area contributed by atoms with E-state index in [-0.39, 0.29) is 9.92 Å². The zero-order chi connectivity index (χ0) is 16.4. The Morgan fingerprint density at radius 3 is 2.65 bits per heavy atom. The van der Waals surface area contributed by atoms with Crippen molar-refractivity contribution in [2.24, 2.45) is 0 Å². The summed E-state index contributed by atoms with van der Waals surface area (Å²) in [7, 11) is -3.87. The Hall–Kier alpha value is -2.38. The highest BCUT2D eigenvalue weighted by Gasteiger charge is 2.16. The average molecular weight is 352 g/mol. The van der Waals surface area contributed by atoms with Gasteiger partial charge in [0.05, 0.1) is 21.3 Å². The molecule has 1 aromatic heterocycles. The minimum atomic E-state index is -3.87. The van der Waals surface area contributed by atoms with Crippen molar-refractivity contribution < 1.29 is 12.8 Å². The molecule has 0 atom stereocenters. The fourth-order valence-corrected chi connectivity index (χ4v) is 3.31. The molecule has 0 unspecified atom stereocenters. The number of hydrogen-bond donors (Lipinski definition) is 1. The molecule has 23 heavy (non-hydrogen) atoms. The van der Waals surface area contributed by atoms with E-state index in [2.05, 4.69) is 9.82 Å². The fourth-order valence-electron chi connectivity index (χ4n) is 1.99. The first kappa shape index (κ1) is 15.5. The molecule has 0 fully saturated rings. The van der Waals surface area contributed by atoms with E-state index in [1.807, 2.05) is 0 Å². The van der Waals surface area contributed by atoms with Crippen LogP contribution in [0.5, 0.6) is 0 Å². The second-order valence-electron chi connectivity index (χ2n) is 4.68. The van der Waals surface area contributed by atoms with Crippen LogP contribution in [-0.4, -0.2) is 18.2 Å². The highest BCUT2D eigenvalue weighted by atomic mass is 35.5. The van der Waals surface area contributed by atoms with E-state index in [1.54, 1.807) is 47.4 Å². The SMILES string of the molecule is O=S(=O)(Nc1cccc(-n2cccn2)c1)c1ccc(F)c(Cl)c1. The van der Waals surface area contributed by atoms with E-state index < -0.39 is 15.8 Å². The third-order valence-corrected chi connectivity index (χ3v) is 4.74. The summed E-state index contributed by atoms with van der Waals surface area (Å²) in [6, 6.07) is 11.7. The van der Waals surface area contributed by atoms with Crippen LogP contribution >= 0.6 is 11.6 Å². The largest absolute Gasteiger partial charge is 0.280 e. The summed E-state index contributed by atoms with van der Waals surface area (Å²) >= 11 is 5.64. The van der Waals surface area contributed by atoms with Crippen LogP contribution in [0.4, 0.5) is 10.1 Å². The Morgan fingerprint density at radius 2 is 1.96 bits per heavy atom. The zero-order valence-corrected chi connectivity index (χ0v) is 13.2. The molecule has 2 aromatic carbocycles. The van der Waals surface area contributed by atoms with Crippen LogP contribution in [0.2, 0.25) is 5.02 Å². The number of nitrogens with one attached hydrogen (secondary N) is 1. The van der Waals surface area contributed by atoms with Crippen LogP contribution in [0.25, 0.3) is 5.69 Å². The first-order valence-corrected chi connectivity index (χ1v) is 8.40. The van der Waals surface area contributed by atoms with Gasteiger partial charge in [-0.3, -0.25) is 4.72 Å². The average Bonchev–Trinajstić information content (AvgIpc) is 3.04. The lowest BCUT2D eigenvalue weighted by Crippen LogP contribution is -2.13. The minimum absolute atomic E-state index is 0.117. The van der Waals surface area contributed by atoms with Gasteiger partial charge in [0, 0.05) is 12.4 Å². The number of nitrogens with zero attached hydrogens (tertiary/aromatic N) is 2. The van der Waals surface area contributed by atoms with Gasteiger partial charge in [0.25, 0.3) is 10.0 Å². The van der Waals surface area contributed by atoms with Gasteiger partial charge in [-0.15, -0.1) is 0 Å². The number of benzene rings is 2. The van der Waals surface area contributed by atoms with E-state index in [0.29, 0.717) is 11.4 Å². The molecule has 0 aliphatic heterocycles. The van der Waals surface area contributed by atoms with Crippen LogP contribution in [0.15, 0.2) is 65.8 Å². The molecular formula is C15H11ClFN3O2S. The summed E-state index contributed by atoms with van der Waals surface area (Å²) in [5.74, 6) is -0.675. The Bertz CT molecular complexity index is 943. The highest BCUT2D eigenvalue weighted by Crippen LogP contribution is 2.22. The molecular weight excluding hydrogens is 341 g/mol. The molecule has 0 amide bonds. The Kier molecular flexibility index (Phi) is 4.06. The summed E-state index contributed by atoms with van der Waals surface area (Å²) in [5.41, 5.74) is 1.06. The summed E-state index contributed by atoms with van der Waals surface area (Å²) in [4.78, 5) is -0.117. The van der Waals surface area contributed by atoms with E-state index in [0.717, 1.165) is 18.2 Å². The third-order valence-electron chi connectivity index (χ3n) is 3.07. The molecule has 0 saturated heterocycles. The molecule has 5 nitrogen and oxygen atoms in total. The van der Waals surface area contributed by atoms with Crippen LogP contribution in [0.3, 0.4) is 0 Å². The molecule has 0 bridgehead atoms. The van der Waals surface area contributed by atoms with Crippen LogP contribution in [0.1, 0.15) is 0 Å². The zero-order valence-electron chi connectivity index (χ0n) is 11.6. The highest BCUT2D eigenvalue weighted by molar-refractivity contribution is 7.92. The molecule has 3 rings (SSSR count). The Balaban J connectivity index is 1.91. The molecule has 0 saturated carbocycles. The van der Waals surface area contributed by atoms with E-state index in [4.69, 9.17) is 11.6 Å². The maximum atomic E-state index is 13.2. The van der Waals surface area contributed by atoms with Gasteiger partial charge in [0.1, 0.15) is 5.82 Å². The summed E-state index contributed by atoms with van der Waals surface area (Å²) in [6.07, 6.45) is 3.37. The van der Waals surface area contributed by atoms with Gasteiger partial charge in [0.2, 0.25) is 0 Å². The lowest BCUT2D eigenvalue weighted by molar-refractivity contribution is 0.599. The van der Waals surface area contributed by atoms with Gasteiger partial charge in [-0.25, -0.2) is 17.5 Å². The lowest BCUT2D eigenvalue weighted by Gasteiger charge is -2.10. The van der Waals surface area contributed by atoms with Gasteiger partial charge >= 0.3 is 0 Å². The van der Waals surface area contributed by atoms with Crippen molar-refractivity contribution in [3.8, 4) is 5.69 Å². The van der Waals surface area contributed by atoms with Crippen molar-refractivity contribution in [3.05, 3.63) is 71.8 Å². The van der Waals surface area contributed by atoms with Gasteiger partial charge < -0.3 is 0 Å². The van der Waals surface area contributed by atoms with Crippen LogP contribution in [-0.2, 0) is 10.0 Å². The minimum Gasteiger partial charge on any atom is -0.280 e. The predicted molar refractivity (Wildman–Crippen MR) is 85.8 cm³/mol. The molecule has 1 heterocycles. The third kappa shape index (κ3) is 3.35. The van der Waals surface area contributed by atoms with Crippen molar-refractivity contribution in [1.82, 2.24) is 9.78 Å². The molecule has 8 heteroatoms. The first-order chi connectivity index (χ1) is 11.0. The molecule has 0 spiro atoms. The number of halogens is 2. The monoisotopic (exact) mass is 351 g/mol. The van der Waals surface area contributed by atoms with Gasteiger partial charge in [-0.1, -0.05) is 17.7 Å². The topological polar surface area (TPSA) is 64.0 Å². The van der Waals surface area contributed by atoms with Gasteiger partial charge in [-0.2, -0.15) is 5.10 Å². The van der Waals surface area contributed by atoms with Crippen molar-refractivity contribution in [2.45, 2.75) is 4.90 Å². The van der Waals surface area contributed by atoms with Crippen molar-refractivity contribution in [3.63, 3.8) is 0 Å². The summed E-state index contributed by atoms with van der Waals surface area (Å²) in [6.45, 7) is 0. The number of sulfonamides is 1. The Labute approximate surface area is 137 Å². The van der Waals surface area contributed by atoms with Crippen molar-refractivity contribution in [1.29, 1.82) is 0 Å². The van der Waals surface area contributed by atoms with Crippen LogP contribution in [0, 0.1) is 5.82 Å². The van der Waals surface area contributed by atoms with Gasteiger partial charge in [0.15, 0.2) is 0 Å². The van der Waals surface area contributed by atoms with E-state index in [9.17, 15) is 12.8 Å². The maximum absolute atomic E-state index is 13.2. The van der Waals surface area contributed by atoms with Crippen molar-refractivity contribution in [2.75, 3.05) is 4.72 Å². The molecule has 0 aliphatic carbocycles. The number of anilines is 1. The molecule has 1 N–H and O–H groups in total. The van der Waals surface area contributed by atoms with Crippen molar-refractivity contribution >= 4 is 27.3 Å². The second kappa shape index (κ2) is 6.02. The van der Waals surface area contributed by atoms with Crippen LogP contribution < -0.4 is 4.72 Å². The normalized spacial score (nSPS) is 11.4. The molecule has 0 aliphatic rings. The lowest BCUT2D eigenvalue weighted by atomic mass is 10.3. The fraction of sp³-hybridized carbons (Fsp3) is 0. The first-order valence-electron chi connectivity index (χ1n) is 6.54. The Morgan fingerprint density at radius 1 is 1.13 bits per heavy atom. The summed E-state index contributed by atoms with van der Waals surface area (Å²) < 4.78 is 41.9. The predicted octanol–water partition coefficient (Wildman–Crippen LogP) is 3.47. The number of hydrogen-bond acceptors (Lipinski definition) is 3. The quantitative estimate of drug-likeness (QED) is 0.782. The molecule has 118 valence electrons. The summed E-state index contributed by atoms with van der Waals surface area (Å²) in [5, 5.41) is 3.83. The second-order valence-corrected chi connectivity index (χ2v) is 6.77. The maximum Gasteiger partial charge on any atom is 0.261 e. The standard InChI is InChI=1S/C15H11ClFN3O2S/c16-14-10-13(5-6-15(14)17)23(21,22)19-11-3-1-4-12(9-11)20-8-2-7-18-20/h1-10,19H. The molecule has 3 aromatic rings. The van der Waals surface area contributed by atoms with E-state index in [1.165, 1.54) is 0 Å².